The summed E-state index contributed by atoms with van der Waals surface area (Å²) >= 11 is 6.30. The van der Waals surface area contributed by atoms with Gasteiger partial charge in [-0.25, -0.2) is 9.48 Å². The number of carbonyl (C=O) groups is 1. The predicted molar refractivity (Wildman–Crippen MR) is 133 cm³/mol. The molecule has 1 atom stereocenters. The monoisotopic (exact) mass is 480 g/mol. The van der Waals surface area contributed by atoms with Crippen LogP contribution in [0.3, 0.4) is 0 Å². The number of aliphatic hydroxyl groups excluding tert-OH is 1. The number of fused-ring (bicyclic) bond motifs is 1. The third-order valence-electron chi connectivity index (χ3n) is 5.20. The number of hydrogen-bond acceptors (Lipinski definition) is 5. The summed E-state index contributed by atoms with van der Waals surface area (Å²) in [5.74, 6) is 0.740. The molecular formula is C25H25ClN4O4. The number of halogens is 1. The highest BCUT2D eigenvalue weighted by Crippen LogP contribution is 2.31. The lowest BCUT2D eigenvalue weighted by molar-refractivity contribution is 0.0311. The zero-order valence-electron chi connectivity index (χ0n) is 18.8. The maximum atomic E-state index is 13.0. The number of rotatable bonds is 8. The highest BCUT2D eigenvalue weighted by molar-refractivity contribution is 6.36. The van der Waals surface area contributed by atoms with Gasteiger partial charge in [0.2, 0.25) is 5.88 Å². The van der Waals surface area contributed by atoms with Crippen molar-refractivity contribution in [1.29, 1.82) is 0 Å². The smallest absolute Gasteiger partial charge is 0.324 e. The molecule has 0 aliphatic heterocycles. The van der Waals surface area contributed by atoms with Gasteiger partial charge < -0.3 is 19.9 Å². The molecule has 3 N–H and O–H groups in total. The minimum atomic E-state index is -0.802. The molecule has 1 heterocycles. The quantitative estimate of drug-likeness (QED) is 0.329. The number of aromatic nitrogens is 2. The average Bonchev–Trinajstić information content (AvgIpc) is 3.15. The molecule has 2 amide bonds. The SMILES string of the molecule is COCC(O)COc1nn(-c2ccccc2)c(NC(=O)Nc2ccc(Cl)c3ccccc23)c1C. The van der Waals surface area contributed by atoms with Crippen molar-refractivity contribution in [2.45, 2.75) is 13.0 Å². The summed E-state index contributed by atoms with van der Waals surface area (Å²) in [7, 11) is 1.50. The molecule has 34 heavy (non-hydrogen) atoms. The molecule has 3 aromatic carbocycles. The Kier molecular flexibility index (Phi) is 7.32. The number of para-hydroxylation sites is 1. The van der Waals surface area contributed by atoms with Crippen LogP contribution in [0.15, 0.2) is 66.7 Å². The Morgan fingerprint density at radius 1 is 1.03 bits per heavy atom. The Balaban J connectivity index is 1.61. The molecule has 0 saturated heterocycles. The first-order chi connectivity index (χ1) is 16.5. The van der Waals surface area contributed by atoms with Crippen LogP contribution in [-0.2, 0) is 4.74 Å². The molecule has 0 aliphatic carbocycles. The van der Waals surface area contributed by atoms with Gasteiger partial charge >= 0.3 is 6.03 Å². The van der Waals surface area contributed by atoms with Crippen molar-refractivity contribution < 1.29 is 19.4 Å². The third kappa shape index (κ3) is 5.14. The lowest BCUT2D eigenvalue weighted by Gasteiger charge is -2.13. The van der Waals surface area contributed by atoms with E-state index in [-0.39, 0.29) is 13.2 Å². The molecular weight excluding hydrogens is 456 g/mol. The zero-order valence-corrected chi connectivity index (χ0v) is 19.5. The topological polar surface area (TPSA) is 97.6 Å². The van der Waals surface area contributed by atoms with Crippen LogP contribution in [0.2, 0.25) is 5.02 Å². The number of nitrogens with one attached hydrogen (secondary N) is 2. The molecule has 4 rings (SSSR count). The van der Waals surface area contributed by atoms with Gasteiger partial charge in [0.25, 0.3) is 0 Å². The number of ether oxygens (including phenoxy) is 2. The second-order valence-electron chi connectivity index (χ2n) is 7.67. The van der Waals surface area contributed by atoms with Gasteiger partial charge in [-0.3, -0.25) is 5.32 Å². The Morgan fingerprint density at radius 3 is 2.47 bits per heavy atom. The van der Waals surface area contributed by atoms with E-state index >= 15 is 0 Å². The molecule has 0 fully saturated rings. The Hall–Kier alpha value is -3.59. The second-order valence-corrected chi connectivity index (χ2v) is 8.07. The van der Waals surface area contributed by atoms with E-state index in [0.717, 1.165) is 16.5 Å². The van der Waals surface area contributed by atoms with E-state index in [1.807, 2.05) is 54.6 Å². The number of anilines is 2. The Morgan fingerprint density at radius 2 is 1.74 bits per heavy atom. The molecule has 1 unspecified atom stereocenters. The predicted octanol–water partition coefficient (Wildman–Crippen LogP) is 5.02. The van der Waals surface area contributed by atoms with E-state index in [9.17, 15) is 9.90 Å². The molecule has 176 valence electrons. The molecule has 0 radical (unpaired) electrons. The summed E-state index contributed by atoms with van der Waals surface area (Å²) in [5, 5.41) is 22.5. The van der Waals surface area contributed by atoms with E-state index in [1.165, 1.54) is 7.11 Å². The number of carbonyl (C=O) groups excluding carboxylic acids is 1. The number of hydrogen-bond donors (Lipinski definition) is 3. The molecule has 1 aromatic heterocycles. The normalized spacial score (nSPS) is 11.9. The highest BCUT2D eigenvalue weighted by Gasteiger charge is 2.20. The van der Waals surface area contributed by atoms with E-state index in [1.54, 1.807) is 23.7 Å². The first kappa shape index (κ1) is 23.6. The van der Waals surface area contributed by atoms with Gasteiger partial charge in [-0.15, -0.1) is 5.10 Å². The molecule has 0 bridgehead atoms. The highest BCUT2D eigenvalue weighted by atomic mass is 35.5. The van der Waals surface area contributed by atoms with Gasteiger partial charge in [-0.05, 0) is 31.2 Å². The van der Waals surface area contributed by atoms with E-state index in [0.29, 0.717) is 28.0 Å². The van der Waals surface area contributed by atoms with Crippen LogP contribution in [-0.4, -0.2) is 47.3 Å². The van der Waals surface area contributed by atoms with Gasteiger partial charge in [-0.2, -0.15) is 0 Å². The molecule has 8 nitrogen and oxygen atoms in total. The van der Waals surface area contributed by atoms with Crippen LogP contribution >= 0.6 is 11.6 Å². The average molecular weight is 481 g/mol. The Bertz CT molecular complexity index is 1290. The molecule has 0 aliphatic rings. The number of urea groups is 1. The first-order valence-corrected chi connectivity index (χ1v) is 11.1. The van der Waals surface area contributed by atoms with Crippen molar-refractivity contribution >= 4 is 39.9 Å². The van der Waals surface area contributed by atoms with E-state index in [4.69, 9.17) is 21.1 Å². The van der Waals surface area contributed by atoms with Gasteiger partial charge in [0.15, 0.2) is 0 Å². The minimum Gasteiger partial charge on any atom is -0.474 e. The standard InChI is InChI=1S/C25H25ClN4O4/c1-16-23(28-25(32)27-22-13-12-21(26)19-10-6-7-11-20(19)22)30(17-8-4-3-5-9-17)29-24(16)34-15-18(31)14-33-2/h3-13,18,31H,14-15H2,1-2H3,(H2,27,28,32). The molecule has 9 heteroatoms. The molecule has 0 saturated carbocycles. The number of aliphatic hydroxyl groups is 1. The van der Waals surface area contributed by atoms with Gasteiger partial charge in [0, 0.05) is 22.9 Å². The first-order valence-electron chi connectivity index (χ1n) is 10.7. The fourth-order valence-corrected chi connectivity index (χ4v) is 3.79. The van der Waals surface area contributed by atoms with Crippen LogP contribution in [0.25, 0.3) is 16.5 Å². The molecule has 0 spiro atoms. The number of amides is 2. The summed E-state index contributed by atoms with van der Waals surface area (Å²) in [6.45, 7) is 1.93. The lowest BCUT2D eigenvalue weighted by Crippen LogP contribution is -2.23. The summed E-state index contributed by atoms with van der Waals surface area (Å²) < 4.78 is 12.2. The van der Waals surface area contributed by atoms with Crippen molar-refractivity contribution in [3.05, 3.63) is 77.3 Å². The summed E-state index contributed by atoms with van der Waals surface area (Å²) in [5.41, 5.74) is 1.98. The molecule has 4 aromatic rings. The van der Waals surface area contributed by atoms with Crippen molar-refractivity contribution in [1.82, 2.24) is 9.78 Å². The van der Waals surface area contributed by atoms with Crippen LogP contribution in [0, 0.1) is 6.92 Å². The van der Waals surface area contributed by atoms with Gasteiger partial charge in [0.05, 0.1) is 23.5 Å². The largest absolute Gasteiger partial charge is 0.474 e. The van der Waals surface area contributed by atoms with Crippen molar-refractivity contribution in [3.63, 3.8) is 0 Å². The fourth-order valence-electron chi connectivity index (χ4n) is 3.56. The summed E-state index contributed by atoms with van der Waals surface area (Å²) in [4.78, 5) is 13.0. The van der Waals surface area contributed by atoms with Gasteiger partial charge in [-0.1, -0.05) is 54.1 Å². The summed E-state index contributed by atoms with van der Waals surface area (Å²) in [6.07, 6.45) is -0.802. The van der Waals surface area contributed by atoms with E-state index < -0.39 is 12.1 Å². The van der Waals surface area contributed by atoms with Crippen LogP contribution < -0.4 is 15.4 Å². The van der Waals surface area contributed by atoms with Crippen LogP contribution in [0.4, 0.5) is 16.3 Å². The number of methoxy groups -OCH3 is 1. The second kappa shape index (κ2) is 10.6. The van der Waals surface area contributed by atoms with Crippen molar-refractivity contribution in [2.24, 2.45) is 0 Å². The summed E-state index contributed by atoms with van der Waals surface area (Å²) in [6, 6.07) is 20.0. The Labute approximate surface area is 202 Å². The third-order valence-corrected chi connectivity index (χ3v) is 5.53. The van der Waals surface area contributed by atoms with Crippen LogP contribution in [0.1, 0.15) is 5.56 Å². The fraction of sp³-hybridized carbons (Fsp3) is 0.200. The minimum absolute atomic E-state index is 0.00286. The maximum absolute atomic E-state index is 13.0. The zero-order chi connectivity index (χ0) is 24.1. The lowest BCUT2D eigenvalue weighted by atomic mass is 10.1. The van der Waals surface area contributed by atoms with Gasteiger partial charge in [0.1, 0.15) is 18.5 Å². The maximum Gasteiger partial charge on any atom is 0.324 e. The number of benzene rings is 3. The van der Waals surface area contributed by atoms with Crippen LogP contribution in [0.5, 0.6) is 5.88 Å². The van der Waals surface area contributed by atoms with Crippen molar-refractivity contribution in [2.75, 3.05) is 31.0 Å². The number of nitrogens with zero attached hydrogens (tertiary/aromatic N) is 2. The van der Waals surface area contributed by atoms with Crippen molar-refractivity contribution in [3.8, 4) is 11.6 Å². The van der Waals surface area contributed by atoms with E-state index in [2.05, 4.69) is 15.7 Å².